The van der Waals surface area contributed by atoms with Crippen LogP contribution in [0.25, 0.3) is 0 Å². The van der Waals surface area contributed by atoms with Crippen molar-refractivity contribution in [2.24, 2.45) is 0 Å². The largest absolute Gasteiger partial charge is 0.485 e. The Balaban J connectivity index is 1.72. The van der Waals surface area contributed by atoms with Crippen LogP contribution in [0.1, 0.15) is 22.1 Å². The van der Waals surface area contributed by atoms with E-state index in [-0.39, 0.29) is 12.5 Å². The van der Waals surface area contributed by atoms with E-state index in [9.17, 15) is 4.79 Å². The van der Waals surface area contributed by atoms with Gasteiger partial charge < -0.3 is 18.9 Å². The average Bonchev–Trinajstić information content (AvgIpc) is 2.99. The number of hydrogen-bond acceptors (Lipinski definition) is 6. The van der Waals surface area contributed by atoms with Gasteiger partial charge in [-0.2, -0.15) is 4.98 Å². The number of para-hydroxylation sites is 1. The molecule has 116 valence electrons. The lowest BCUT2D eigenvalue weighted by atomic mass is 10.1. The van der Waals surface area contributed by atoms with Crippen molar-refractivity contribution >= 4 is 5.91 Å². The van der Waals surface area contributed by atoms with Gasteiger partial charge in [0.25, 0.3) is 5.91 Å². The fourth-order valence-electron chi connectivity index (χ4n) is 2.25. The number of carbonyl (C=O) groups is 1. The summed E-state index contributed by atoms with van der Waals surface area (Å²) in [5.74, 6) is 1.40. The molecule has 1 aliphatic rings. The van der Waals surface area contributed by atoms with Gasteiger partial charge in [0.15, 0.2) is 6.61 Å². The van der Waals surface area contributed by atoms with Crippen LogP contribution in [0, 0.1) is 6.92 Å². The second-order valence-electron chi connectivity index (χ2n) is 4.92. The molecule has 2 heterocycles. The zero-order chi connectivity index (χ0) is 15.4. The number of nitrogens with zero attached hydrogens (tertiary/aromatic N) is 3. The van der Waals surface area contributed by atoms with E-state index < -0.39 is 0 Å². The van der Waals surface area contributed by atoms with E-state index in [4.69, 9.17) is 14.0 Å². The van der Waals surface area contributed by atoms with Crippen LogP contribution in [-0.2, 0) is 11.3 Å². The molecule has 0 bridgehead atoms. The Hall–Kier alpha value is -2.41. The molecule has 1 saturated heterocycles. The Morgan fingerprint density at radius 2 is 2.09 bits per heavy atom. The molecule has 0 spiro atoms. The molecule has 1 aromatic carbocycles. The van der Waals surface area contributed by atoms with Crippen LogP contribution in [0.3, 0.4) is 0 Å². The fourth-order valence-corrected chi connectivity index (χ4v) is 2.25. The molecule has 0 unspecified atom stereocenters. The van der Waals surface area contributed by atoms with Gasteiger partial charge in [-0.25, -0.2) is 0 Å². The van der Waals surface area contributed by atoms with Crippen molar-refractivity contribution < 1.29 is 18.8 Å². The molecule has 3 rings (SSSR count). The van der Waals surface area contributed by atoms with Gasteiger partial charge >= 0.3 is 0 Å². The summed E-state index contributed by atoms with van der Waals surface area (Å²) >= 11 is 0. The molecule has 7 heteroatoms. The number of morpholine rings is 1. The number of aromatic nitrogens is 2. The van der Waals surface area contributed by atoms with Crippen molar-refractivity contribution in [3.05, 3.63) is 41.5 Å². The zero-order valence-corrected chi connectivity index (χ0v) is 12.3. The molecule has 7 nitrogen and oxygen atoms in total. The van der Waals surface area contributed by atoms with E-state index in [0.29, 0.717) is 49.3 Å². The summed E-state index contributed by atoms with van der Waals surface area (Å²) in [7, 11) is 0. The molecule has 0 N–H and O–H groups in total. The van der Waals surface area contributed by atoms with Gasteiger partial charge in [-0.3, -0.25) is 4.79 Å². The Labute approximate surface area is 127 Å². The average molecular weight is 303 g/mol. The summed E-state index contributed by atoms with van der Waals surface area (Å²) in [6, 6.07) is 7.17. The third-order valence-electron chi connectivity index (χ3n) is 3.34. The van der Waals surface area contributed by atoms with Gasteiger partial charge in [0.2, 0.25) is 11.7 Å². The molecule has 2 aromatic rings. The van der Waals surface area contributed by atoms with Crippen LogP contribution in [0.2, 0.25) is 0 Å². The van der Waals surface area contributed by atoms with Crippen molar-refractivity contribution in [2.75, 3.05) is 26.3 Å². The summed E-state index contributed by atoms with van der Waals surface area (Å²) in [4.78, 5) is 18.4. The third kappa shape index (κ3) is 3.25. The van der Waals surface area contributed by atoms with E-state index in [1.165, 1.54) is 0 Å². The number of carbonyl (C=O) groups excluding carboxylic acids is 1. The fraction of sp³-hybridized carbons (Fsp3) is 0.400. The molecule has 0 atom stereocenters. The quantitative estimate of drug-likeness (QED) is 0.850. The van der Waals surface area contributed by atoms with Crippen molar-refractivity contribution in [3.8, 4) is 5.75 Å². The summed E-state index contributed by atoms with van der Waals surface area (Å²) in [6.45, 7) is 4.19. The number of amides is 1. The van der Waals surface area contributed by atoms with Crippen molar-refractivity contribution in [1.29, 1.82) is 0 Å². The molecule has 0 aliphatic carbocycles. The van der Waals surface area contributed by atoms with Crippen LogP contribution >= 0.6 is 0 Å². The third-order valence-corrected chi connectivity index (χ3v) is 3.34. The van der Waals surface area contributed by atoms with Crippen molar-refractivity contribution in [2.45, 2.75) is 13.5 Å². The summed E-state index contributed by atoms with van der Waals surface area (Å²) in [6.07, 6.45) is 0. The highest BCUT2D eigenvalue weighted by atomic mass is 16.5. The minimum absolute atomic E-state index is 0.0526. The predicted octanol–water partition coefficient (Wildman–Crippen LogP) is 1.43. The SMILES string of the molecule is Cc1nc(COc2ccccc2C(=O)N2CCOCC2)no1. The molecule has 1 aromatic heterocycles. The van der Waals surface area contributed by atoms with E-state index >= 15 is 0 Å². The second kappa shape index (κ2) is 6.57. The topological polar surface area (TPSA) is 77.7 Å². The molecule has 1 fully saturated rings. The smallest absolute Gasteiger partial charge is 0.257 e. The van der Waals surface area contributed by atoms with Gasteiger partial charge in [0.05, 0.1) is 18.8 Å². The van der Waals surface area contributed by atoms with Gasteiger partial charge in [0.1, 0.15) is 5.75 Å². The molecule has 0 saturated carbocycles. The normalized spacial score (nSPS) is 14.9. The van der Waals surface area contributed by atoms with Crippen molar-refractivity contribution in [1.82, 2.24) is 15.0 Å². The maximum Gasteiger partial charge on any atom is 0.257 e. The van der Waals surface area contributed by atoms with Crippen LogP contribution < -0.4 is 4.74 Å². The first-order chi connectivity index (χ1) is 10.7. The first kappa shape index (κ1) is 14.5. The molecular weight excluding hydrogens is 286 g/mol. The zero-order valence-electron chi connectivity index (χ0n) is 12.3. The predicted molar refractivity (Wildman–Crippen MR) is 76.5 cm³/mol. The number of ether oxygens (including phenoxy) is 2. The Morgan fingerprint density at radius 1 is 1.32 bits per heavy atom. The lowest BCUT2D eigenvalue weighted by Crippen LogP contribution is -2.40. The molecule has 0 radical (unpaired) electrons. The monoisotopic (exact) mass is 303 g/mol. The lowest BCUT2D eigenvalue weighted by Gasteiger charge is -2.27. The number of benzene rings is 1. The Kier molecular flexibility index (Phi) is 4.34. The van der Waals surface area contributed by atoms with Crippen LogP contribution in [0.4, 0.5) is 0 Å². The second-order valence-corrected chi connectivity index (χ2v) is 4.92. The van der Waals surface area contributed by atoms with E-state index in [0.717, 1.165) is 0 Å². The van der Waals surface area contributed by atoms with Gasteiger partial charge in [0, 0.05) is 20.0 Å². The maximum absolute atomic E-state index is 12.6. The summed E-state index contributed by atoms with van der Waals surface area (Å²) < 4.78 is 15.9. The number of hydrogen-bond donors (Lipinski definition) is 0. The van der Waals surface area contributed by atoms with Gasteiger partial charge in [-0.05, 0) is 12.1 Å². The first-order valence-electron chi connectivity index (χ1n) is 7.12. The van der Waals surface area contributed by atoms with E-state index in [1.54, 1.807) is 24.0 Å². The summed E-state index contributed by atoms with van der Waals surface area (Å²) in [5, 5.41) is 3.77. The standard InChI is InChI=1S/C15H17N3O4/c1-11-16-14(17-22-11)10-21-13-5-3-2-4-12(13)15(19)18-6-8-20-9-7-18/h2-5H,6-10H2,1H3. The minimum atomic E-state index is -0.0526. The van der Waals surface area contributed by atoms with Crippen LogP contribution in [0.15, 0.2) is 28.8 Å². The molecule has 1 amide bonds. The van der Waals surface area contributed by atoms with E-state index in [2.05, 4.69) is 10.1 Å². The molecule has 1 aliphatic heterocycles. The summed E-state index contributed by atoms with van der Waals surface area (Å²) in [5.41, 5.74) is 0.532. The highest BCUT2D eigenvalue weighted by Gasteiger charge is 2.21. The highest BCUT2D eigenvalue weighted by molar-refractivity contribution is 5.97. The Morgan fingerprint density at radius 3 is 2.82 bits per heavy atom. The van der Waals surface area contributed by atoms with Crippen molar-refractivity contribution in [3.63, 3.8) is 0 Å². The molecule has 22 heavy (non-hydrogen) atoms. The highest BCUT2D eigenvalue weighted by Crippen LogP contribution is 2.21. The maximum atomic E-state index is 12.6. The van der Waals surface area contributed by atoms with Crippen LogP contribution in [-0.4, -0.2) is 47.3 Å². The first-order valence-corrected chi connectivity index (χ1v) is 7.12. The van der Waals surface area contributed by atoms with Gasteiger partial charge in [-0.15, -0.1) is 0 Å². The number of rotatable bonds is 4. The van der Waals surface area contributed by atoms with Gasteiger partial charge in [-0.1, -0.05) is 17.3 Å². The molecular formula is C15H17N3O4. The lowest BCUT2D eigenvalue weighted by molar-refractivity contribution is 0.0300. The minimum Gasteiger partial charge on any atom is -0.485 e. The van der Waals surface area contributed by atoms with Crippen LogP contribution in [0.5, 0.6) is 5.75 Å². The van der Waals surface area contributed by atoms with E-state index in [1.807, 2.05) is 12.1 Å². The Bertz CT molecular complexity index is 650. The number of aryl methyl sites for hydroxylation is 1.